The Bertz CT molecular complexity index is 1260. The van der Waals surface area contributed by atoms with Crippen LogP contribution in [0.3, 0.4) is 0 Å². The highest BCUT2D eigenvalue weighted by atomic mass is 35.5. The van der Waals surface area contributed by atoms with Crippen LogP contribution >= 0.6 is 11.6 Å². The molecule has 1 saturated heterocycles. The zero-order valence-corrected chi connectivity index (χ0v) is 18.9. The van der Waals surface area contributed by atoms with E-state index >= 15 is 0 Å². The molecule has 9 heteroatoms. The summed E-state index contributed by atoms with van der Waals surface area (Å²) in [4.78, 5) is 21.4. The van der Waals surface area contributed by atoms with Gasteiger partial charge in [-0.1, -0.05) is 11.6 Å². The summed E-state index contributed by atoms with van der Waals surface area (Å²) in [5.74, 6) is 0.105. The smallest absolute Gasteiger partial charge is 0.254 e. The minimum Gasteiger partial charge on any atom is -0.370 e. The van der Waals surface area contributed by atoms with Crippen LogP contribution in [-0.4, -0.2) is 52.3 Å². The maximum atomic E-state index is 14.9. The molecular formula is C24H23ClFN5O2. The van der Waals surface area contributed by atoms with Gasteiger partial charge in [0.15, 0.2) is 0 Å². The van der Waals surface area contributed by atoms with E-state index in [0.29, 0.717) is 59.9 Å². The Hall–Kier alpha value is -2.97. The third-order valence-corrected chi connectivity index (χ3v) is 6.81. The van der Waals surface area contributed by atoms with Crippen molar-refractivity contribution < 1.29 is 13.9 Å². The summed E-state index contributed by atoms with van der Waals surface area (Å²) in [6, 6.07) is 6.89. The van der Waals surface area contributed by atoms with Crippen LogP contribution in [0.4, 0.5) is 10.2 Å². The van der Waals surface area contributed by atoms with Gasteiger partial charge in [0.1, 0.15) is 17.7 Å². The first-order chi connectivity index (χ1) is 16.0. The SMILES string of the molecule is CN1Cc2c(cc(N3CCO[C@H](c4cnn(C5CC5)c4)C3)nc2-c2ccc(Cl)cc2F)C1=O. The number of nitrogens with zero attached hydrogens (tertiary/aromatic N) is 5. The van der Waals surface area contributed by atoms with Crippen molar-refractivity contribution in [2.45, 2.75) is 31.5 Å². The number of amides is 1. The molecule has 1 atom stereocenters. The zero-order chi connectivity index (χ0) is 22.7. The van der Waals surface area contributed by atoms with Crippen molar-refractivity contribution in [2.75, 3.05) is 31.6 Å². The molecule has 2 fully saturated rings. The molecule has 7 nitrogen and oxygen atoms in total. The highest BCUT2D eigenvalue weighted by Gasteiger charge is 2.33. The fourth-order valence-corrected chi connectivity index (χ4v) is 4.77. The number of hydrogen-bond acceptors (Lipinski definition) is 5. The van der Waals surface area contributed by atoms with E-state index in [1.165, 1.54) is 18.9 Å². The van der Waals surface area contributed by atoms with Crippen LogP contribution in [0, 0.1) is 5.82 Å². The lowest BCUT2D eigenvalue weighted by molar-refractivity contribution is 0.0395. The quantitative estimate of drug-likeness (QED) is 0.574. The maximum absolute atomic E-state index is 14.9. The average molecular weight is 468 g/mol. The van der Waals surface area contributed by atoms with Crippen LogP contribution in [-0.2, 0) is 11.3 Å². The Morgan fingerprint density at radius 2 is 2.06 bits per heavy atom. The summed E-state index contributed by atoms with van der Waals surface area (Å²) in [7, 11) is 1.74. The number of carbonyl (C=O) groups excluding carboxylic acids is 1. The number of pyridine rings is 1. The number of benzene rings is 1. The van der Waals surface area contributed by atoms with E-state index in [-0.39, 0.29) is 12.0 Å². The highest BCUT2D eigenvalue weighted by Crippen LogP contribution is 2.37. The molecule has 0 bridgehead atoms. The van der Waals surface area contributed by atoms with Gasteiger partial charge in [0, 0.05) is 54.6 Å². The molecule has 4 heterocycles. The normalized spacial score (nSPS) is 20.5. The van der Waals surface area contributed by atoms with Crippen molar-refractivity contribution in [3.8, 4) is 11.3 Å². The van der Waals surface area contributed by atoms with Gasteiger partial charge >= 0.3 is 0 Å². The molecule has 6 rings (SSSR count). The minimum atomic E-state index is -0.455. The van der Waals surface area contributed by atoms with E-state index < -0.39 is 5.82 Å². The molecule has 1 aliphatic carbocycles. The van der Waals surface area contributed by atoms with Crippen LogP contribution in [0.15, 0.2) is 36.7 Å². The predicted octanol–water partition coefficient (Wildman–Crippen LogP) is 4.24. The van der Waals surface area contributed by atoms with E-state index in [1.807, 2.05) is 16.9 Å². The number of carbonyl (C=O) groups is 1. The number of anilines is 1. The van der Waals surface area contributed by atoms with Crippen molar-refractivity contribution in [1.82, 2.24) is 19.7 Å². The van der Waals surface area contributed by atoms with Crippen molar-refractivity contribution >= 4 is 23.3 Å². The summed E-state index contributed by atoms with van der Waals surface area (Å²) >= 11 is 5.97. The van der Waals surface area contributed by atoms with Gasteiger partial charge in [-0.3, -0.25) is 9.48 Å². The van der Waals surface area contributed by atoms with Gasteiger partial charge in [0.2, 0.25) is 0 Å². The molecular weight excluding hydrogens is 445 g/mol. The lowest BCUT2D eigenvalue weighted by Crippen LogP contribution is -2.39. The van der Waals surface area contributed by atoms with E-state index in [1.54, 1.807) is 24.1 Å². The lowest BCUT2D eigenvalue weighted by Gasteiger charge is -2.33. The van der Waals surface area contributed by atoms with Gasteiger partial charge in [-0.25, -0.2) is 9.37 Å². The van der Waals surface area contributed by atoms with Gasteiger partial charge in [-0.2, -0.15) is 5.10 Å². The van der Waals surface area contributed by atoms with Crippen molar-refractivity contribution in [1.29, 1.82) is 0 Å². The Balaban J connectivity index is 1.37. The first-order valence-electron chi connectivity index (χ1n) is 11.1. The number of ether oxygens (including phenoxy) is 1. The molecule has 1 aromatic carbocycles. The van der Waals surface area contributed by atoms with Gasteiger partial charge in [-0.05, 0) is 37.1 Å². The van der Waals surface area contributed by atoms with Crippen LogP contribution < -0.4 is 4.90 Å². The van der Waals surface area contributed by atoms with E-state index in [2.05, 4.69) is 16.2 Å². The summed E-state index contributed by atoms with van der Waals surface area (Å²) < 4.78 is 22.9. The standard InChI is InChI=1S/C24H23ClFN5O2/c1-29-12-19-18(24(29)32)9-22(28-23(19)17-5-2-15(25)8-20(17)26)30-6-7-33-21(13-30)14-10-27-31(11-14)16-3-4-16/h2,5,8-11,16,21H,3-4,6-7,12-13H2,1H3/t21-/m0/s1. The monoisotopic (exact) mass is 467 g/mol. The second kappa shape index (κ2) is 7.81. The highest BCUT2D eigenvalue weighted by molar-refractivity contribution is 6.30. The second-order valence-electron chi connectivity index (χ2n) is 8.93. The Labute approximate surface area is 195 Å². The summed E-state index contributed by atoms with van der Waals surface area (Å²) in [6.07, 6.45) is 6.13. The predicted molar refractivity (Wildman–Crippen MR) is 122 cm³/mol. The Morgan fingerprint density at radius 1 is 1.21 bits per heavy atom. The molecule has 0 spiro atoms. The topological polar surface area (TPSA) is 63.5 Å². The zero-order valence-electron chi connectivity index (χ0n) is 18.2. The Morgan fingerprint density at radius 3 is 2.85 bits per heavy atom. The summed E-state index contributed by atoms with van der Waals surface area (Å²) in [5, 5.41) is 4.81. The van der Waals surface area contributed by atoms with Gasteiger partial charge in [0.05, 0.1) is 30.1 Å². The van der Waals surface area contributed by atoms with E-state index in [4.69, 9.17) is 21.3 Å². The van der Waals surface area contributed by atoms with Gasteiger partial charge in [-0.15, -0.1) is 0 Å². The number of halogens is 2. The number of hydrogen-bond donors (Lipinski definition) is 0. The molecule has 0 N–H and O–H groups in total. The molecule has 170 valence electrons. The molecule has 2 aliphatic heterocycles. The Kier molecular flexibility index (Phi) is 4.88. The van der Waals surface area contributed by atoms with Crippen molar-refractivity contribution in [2.24, 2.45) is 0 Å². The second-order valence-corrected chi connectivity index (χ2v) is 9.37. The number of morpholine rings is 1. The third kappa shape index (κ3) is 3.67. The molecule has 33 heavy (non-hydrogen) atoms. The number of fused-ring (bicyclic) bond motifs is 1. The first kappa shape index (κ1) is 20.6. The van der Waals surface area contributed by atoms with Gasteiger partial charge in [0.25, 0.3) is 5.91 Å². The van der Waals surface area contributed by atoms with E-state index in [9.17, 15) is 9.18 Å². The van der Waals surface area contributed by atoms with Crippen LogP contribution in [0.25, 0.3) is 11.3 Å². The van der Waals surface area contributed by atoms with Crippen molar-refractivity contribution in [3.05, 3.63) is 64.2 Å². The fourth-order valence-electron chi connectivity index (χ4n) is 4.61. The summed E-state index contributed by atoms with van der Waals surface area (Å²) in [5.41, 5.74) is 3.17. The fraction of sp³-hybridized carbons (Fsp3) is 0.375. The van der Waals surface area contributed by atoms with Crippen LogP contribution in [0.1, 0.15) is 46.5 Å². The van der Waals surface area contributed by atoms with E-state index in [0.717, 1.165) is 11.1 Å². The number of rotatable bonds is 4. The van der Waals surface area contributed by atoms with Crippen LogP contribution in [0.2, 0.25) is 5.02 Å². The maximum Gasteiger partial charge on any atom is 0.254 e. The molecule has 2 aromatic heterocycles. The minimum absolute atomic E-state index is 0.0835. The molecule has 3 aliphatic rings. The molecule has 1 saturated carbocycles. The molecule has 3 aromatic rings. The third-order valence-electron chi connectivity index (χ3n) is 6.57. The molecule has 0 unspecified atom stereocenters. The summed E-state index contributed by atoms with van der Waals surface area (Å²) in [6.45, 7) is 2.13. The average Bonchev–Trinajstić information content (AvgIpc) is 3.47. The van der Waals surface area contributed by atoms with Crippen molar-refractivity contribution in [3.63, 3.8) is 0 Å². The number of aromatic nitrogens is 3. The van der Waals surface area contributed by atoms with Crippen LogP contribution in [0.5, 0.6) is 0 Å². The van der Waals surface area contributed by atoms with Gasteiger partial charge < -0.3 is 14.5 Å². The first-order valence-corrected chi connectivity index (χ1v) is 11.5. The lowest BCUT2D eigenvalue weighted by atomic mass is 10.0. The molecule has 1 amide bonds. The molecule has 0 radical (unpaired) electrons. The largest absolute Gasteiger partial charge is 0.370 e.